The van der Waals surface area contributed by atoms with Gasteiger partial charge in [0.05, 0.1) is 5.92 Å². The molecule has 3 aromatic rings. The second kappa shape index (κ2) is 12.4. The first-order valence-electron chi connectivity index (χ1n) is 12.7. The van der Waals surface area contributed by atoms with Gasteiger partial charge in [0.2, 0.25) is 5.91 Å². The van der Waals surface area contributed by atoms with Crippen molar-refractivity contribution in [2.24, 2.45) is 5.92 Å². The molecule has 0 heterocycles. The Morgan fingerprint density at radius 2 is 1.50 bits per heavy atom. The van der Waals surface area contributed by atoms with Gasteiger partial charge in [0.25, 0.3) is 0 Å². The lowest BCUT2D eigenvalue weighted by atomic mass is 9.98. The number of carboxylic acids is 1. The molecular formula is C30H33N3O5. The van der Waals surface area contributed by atoms with Gasteiger partial charge in [-0.3, -0.25) is 14.5 Å². The topological polar surface area (TPSA) is 108 Å². The summed E-state index contributed by atoms with van der Waals surface area (Å²) in [6.07, 6.45) is -0.702. The van der Waals surface area contributed by atoms with Gasteiger partial charge in [0.1, 0.15) is 12.6 Å². The van der Waals surface area contributed by atoms with Crippen LogP contribution in [0.3, 0.4) is 0 Å². The minimum atomic E-state index is -1.01. The van der Waals surface area contributed by atoms with Crippen LogP contribution in [-0.4, -0.2) is 60.8 Å². The number of nitrogens with zero attached hydrogens (tertiary/aromatic N) is 1. The number of carboxylic acid groups (broad SMARTS) is 1. The summed E-state index contributed by atoms with van der Waals surface area (Å²) in [5.41, 5.74) is 5.52. The largest absolute Gasteiger partial charge is 0.481 e. The Morgan fingerprint density at radius 3 is 2.11 bits per heavy atom. The number of rotatable bonds is 11. The highest BCUT2D eigenvalue weighted by atomic mass is 16.5. The standard InChI is InChI=1S/C30H33N3O5/c1-20(29(35)36)16-31-28(34)27(18-33(2)17-21-10-4-3-5-11-21)32-30(37)38-19-26-24-14-8-6-12-22(24)23-13-7-9-15-25(23)26/h3-15,20,26-27H,16-19H2,1-2H3,(H,31,34)(H,32,37)(H,35,36). The first-order valence-corrected chi connectivity index (χ1v) is 12.7. The number of amides is 2. The molecule has 0 bridgehead atoms. The van der Waals surface area contributed by atoms with Crippen molar-refractivity contribution < 1.29 is 24.2 Å². The summed E-state index contributed by atoms with van der Waals surface area (Å²) in [7, 11) is 1.85. The molecule has 0 aromatic heterocycles. The lowest BCUT2D eigenvalue weighted by Gasteiger charge is -2.25. The summed E-state index contributed by atoms with van der Waals surface area (Å²) >= 11 is 0. The zero-order valence-corrected chi connectivity index (χ0v) is 21.6. The maximum atomic E-state index is 13.0. The van der Waals surface area contributed by atoms with Crippen molar-refractivity contribution in [1.82, 2.24) is 15.5 Å². The van der Waals surface area contributed by atoms with E-state index in [4.69, 9.17) is 9.84 Å². The van der Waals surface area contributed by atoms with E-state index in [1.165, 1.54) is 6.92 Å². The van der Waals surface area contributed by atoms with Crippen molar-refractivity contribution in [2.75, 3.05) is 26.7 Å². The van der Waals surface area contributed by atoms with Crippen LogP contribution in [0, 0.1) is 5.92 Å². The van der Waals surface area contributed by atoms with E-state index in [1.54, 1.807) is 0 Å². The Morgan fingerprint density at radius 1 is 0.921 bits per heavy atom. The third-order valence-electron chi connectivity index (χ3n) is 6.75. The van der Waals surface area contributed by atoms with Crippen molar-refractivity contribution in [3.05, 3.63) is 95.6 Å². The third-order valence-corrected chi connectivity index (χ3v) is 6.75. The highest BCUT2D eigenvalue weighted by Crippen LogP contribution is 2.44. The molecule has 3 aromatic carbocycles. The first-order chi connectivity index (χ1) is 18.3. The Bertz CT molecular complexity index is 1230. The highest BCUT2D eigenvalue weighted by Gasteiger charge is 2.30. The van der Waals surface area contributed by atoms with E-state index in [2.05, 4.69) is 22.8 Å². The summed E-state index contributed by atoms with van der Waals surface area (Å²) in [4.78, 5) is 39.0. The van der Waals surface area contributed by atoms with Crippen LogP contribution in [0.25, 0.3) is 11.1 Å². The normalized spacial score (nSPS) is 13.8. The number of ether oxygens (including phenoxy) is 1. The van der Waals surface area contributed by atoms with E-state index in [0.717, 1.165) is 27.8 Å². The van der Waals surface area contributed by atoms with Gasteiger partial charge in [0.15, 0.2) is 0 Å². The van der Waals surface area contributed by atoms with E-state index >= 15 is 0 Å². The molecule has 0 radical (unpaired) electrons. The zero-order valence-electron chi connectivity index (χ0n) is 21.6. The van der Waals surface area contributed by atoms with Crippen LogP contribution in [0.5, 0.6) is 0 Å². The molecule has 0 aliphatic heterocycles. The number of hydrogen-bond donors (Lipinski definition) is 3. The van der Waals surface area contributed by atoms with Crippen molar-refractivity contribution in [1.29, 1.82) is 0 Å². The number of alkyl carbamates (subject to hydrolysis) is 1. The van der Waals surface area contributed by atoms with E-state index in [1.807, 2.05) is 78.7 Å². The minimum absolute atomic E-state index is 0.0422. The zero-order chi connectivity index (χ0) is 27.1. The predicted molar refractivity (Wildman–Crippen MR) is 145 cm³/mol. The second-order valence-corrected chi connectivity index (χ2v) is 9.69. The predicted octanol–water partition coefficient (Wildman–Crippen LogP) is 3.86. The first kappa shape index (κ1) is 26.9. The van der Waals surface area contributed by atoms with Crippen LogP contribution < -0.4 is 10.6 Å². The molecular weight excluding hydrogens is 482 g/mol. The fourth-order valence-electron chi connectivity index (χ4n) is 4.71. The maximum absolute atomic E-state index is 13.0. The summed E-state index contributed by atoms with van der Waals surface area (Å²) in [6.45, 7) is 2.39. The number of nitrogens with one attached hydrogen (secondary N) is 2. The molecule has 198 valence electrons. The highest BCUT2D eigenvalue weighted by molar-refractivity contribution is 5.86. The molecule has 0 spiro atoms. The van der Waals surface area contributed by atoms with Crippen LogP contribution in [0.1, 0.15) is 29.5 Å². The summed E-state index contributed by atoms with van der Waals surface area (Å²) < 4.78 is 5.64. The summed E-state index contributed by atoms with van der Waals surface area (Å²) in [5.74, 6) is -2.33. The molecule has 0 saturated heterocycles. The van der Waals surface area contributed by atoms with E-state index in [0.29, 0.717) is 6.54 Å². The molecule has 8 heteroatoms. The van der Waals surface area contributed by atoms with Gasteiger partial charge >= 0.3 is 12.1 Å². The average Bonchev–Trinajstić information content (AvgIpc) is 3.24. The molecule has 0 saturated carbocycles. The van der Waals surface area contributed by atoms with Gasteiger partial charge in [-0.25, -0.2) is 4.79 Å². The lowest BCUT2D eigenvalue weighted by Crippen LogP contribution is -2.53. The van der Waals surface area contributed by atoms with Gasteiger partial charge in [-0.1, -0.05) is 85.8 Å². The number of fused-ring (bicyclic) bond motifs is 3. The number of carbonyl (C=O) groups excluding carboxylic acids is 2. The number of hydrogen-bond acceptors (Lipinski definition) is 5. The van der Waals surface area contributed by atoms with Crippen LogP contribution in [0.4, 0.5) is 4.79 Å². The molecule has 2 unspecified atom stereocenters. The lowest BCUT2D eigenvalue weighted by molar-refractivity contribution is -0.141. The van der Waals surface area contributed by atoms with Crippen molar-refractivity contribution in [3.63, 3.8) is 0 Å². The van der Waals surface area contributed by atoms with Crippen LogP contribution in [-0.2, 0) is 20.9 Å². The van der Waals surface area contributed by atoms with Gasteiger partial charge in [-0.15, -0.1) is 0 Å². The monoisotopic (exact) mass is 515 g/mol. The number of likely N-dealkylation sites (N-methyl/N-ethyl adjacent to an activating group) is 1. The third kappa shape index (κ3) is 6.58. The van der Waals surface area contributed by atoms with E-state index < -0.39 is 29.9 Å². The quantitative estimate of drug-likeness (QED) is 0.358. The number of carbonyl (C=O) groups is 3. The van der Waals surface area contributed by atoms with Crippen molar-refractivity contribution in [2.45, 2.75) is 25.4 Å². The van der Waals surface area contributed by atoms with E-state index in [-0.39, 0.29) is 25.6 Å². The minimum Gasteiger partial charge on any atom is -0.481 e. The molecule has 2 amide bonds. The fourth-order valence-corrected chi connectivity index (χ4v) is 4.71. The Hall–Kier alpha value is -4.17. The Balaban J connectivity index is 1.41. The van der Waals surface area contributed by atoms with Crippen LogP contribution in [0.15, 0.2) is 78.9 Å². The van der Waals surface area contributed by atoms with Gasteiger partial charge in [-0.2, -0.15) is 0 Å². The molecule has 0 fully saturated rings. The summed E-state index contributed by atoms with van der Waals surface area (Å²) in [5, 5.41) is 14.5. The second-order valence-electron chi connectivity index (χ2n) is 9.69. The number of aliphatic carboxylic acids is 1. The maximum Gasteiger partial charge on any atom is 0.407 e. The molecule has 2 atom stereocenters. The molecule has 3 N–H and O–H groups in total. The molecule has 8 nitrogen and oxygen atoms in total. The molecule has 4 rings (SSSR count). The summed E-state index contributed by atoms with van der Waals surface area (Å²) in [6, 6.07) is 25.0. The SMILES string of the molecule is CC(CNC(=O)C(CN(C)Cc1ccccc1)NC(=O)OCC1c2ccccc2-c2ccccc21)C(=O)O. The van der Waals surface area contributed by atoms with Gasteiger partial charge in [-0.05, 0) is 34.9 Å². The van der Waals surface area contributed by atoms with Crippen molar-refractivity contribution in [3.8, 4) is 11.1 Å². The smallest absolute Gasteiger partial charge is 0.407 e. The molecule has 38 heavy (non-hydrogen) atoms. The van der Waals surface area contributed by atoms with Crippen LogP contribution >= 0.6 is 0 Å². The number of benzene rings is 3. The van der Waals surface area contributed by atoms with E-state index in [9.17, 15) is 14.4 Å². The average molecular weight is 516 g/mol. The fraction of sp³-hybridized carbons (Fsp3) is 0.300. The molecule has 1 aliphatic carbocycles. The van der Waals surface area contributed by atoms with Crippen molar-refractivity contribution >= 4 is 18.0 Å². The van der Waals surface area contributed by atoms with Gasteiger partial charge in [0, 0.05) is 25.6 Å². The Kier molecular flexibility index (Phi) is 8.76. The van der Waals surface area contributed by atoms with Crippen LogP contribution in [0.2, 0.25) is 0 Å². The van der Waals surface area contributed by atoms with Gasteiger partial charge < -0.3 is 20.5 Å². The molecule has 1 aliphatic rings. The Labute approximate surface area is 222 Å².